The van der Waals surface area contributed by atoms with Crippen molar-refractivity contribution in [3.63, 3.8) is 0 Å². The SMILES string of the molecule is CC1CC(OCP(O)O)CO1. The van der Waals surface area contributed by atoms with Crippen molar-refractivity contribution >= 4 is 8.38 Å². The van der Waals surface area contributed by atoms with Gasteiger partial charge in [-0.2, -0.15) is 0 Å². The molecule has 11 heavy (non-hydrogen) atoms. The van der Waals surface area contributed by atoms with Gasteiger partial charge in [-0.25, -0.2) is 0 Å². The van der Waals surface area contributed by atoms with Crippen LogP contribution in [0.2, 0.25) is 0 Å². The molecular formula is C6H13O4P. The minimum absolute atomic E-state index is 0.0378. The number of hydrogen-bond acceptors (Lipinski definition) is 4. The summed E-state index contributed by atoms with van der Waals surface area (Å²) in [6, 6.07) is 0. The van der Waals surface area contributed by atoms with Crippen LogP contribution in [0.25, 0.3) is 0 Å². The molecule has 1 heterocycles. The van der Waals surface area contributed by atoms with Crippen LogP contribution in [0.15, 0.2) is 0 Å². The van der Waals surface area contributed by atoms with E-state index in [0.29, 0.717) is 6.61 Å². The Morgan fingerprint density at radius 1 is 1.64 bits per heavy atom. The van der Waals surface area contributed by atoms with E-state index in [9.17, 15) is 0 Å². The van der Waals surface area contributed by atoms with Gasteiger partial charge in [0.2, 0.25) is 0 Å². The summed E-state index contributed by atoms with van der Waals surface area (Å²) in [4.78, 5) is 17.1. The molecule has 1 rings (SSSR count). The number of rotatable bonds is 3. The van der Waals surface area contributed by atoms with Gasteiger partial charge in [-0.05, 0) is 6.92 Å². The predicted molar refractivity (Wildman–Crippen MR) is 41.1 cm³/mol. The monoisotopic (exact) mass is 180 g/mol. The van der Waals surface area contributed by atoms with Gasteiger partial charge in [0.25, 0.3) is 0 Å². The first-order valence-corrected chi connectivity index (χ1v) is 5.00. The van der Waals surface area contributed by atoms with Crippen molar-refractivity contribution in [2.75, 3.05) is 13.0 Å². The van der Waals surface area contributed by atoms with E-state index < -0.39 is 8.38 Å². The molecule has 0 aromatic carbocycles. The summed E-state index contributed by atoms with van der Waals surface area (Å²) >= 11 is 0. The minimum atomic E-state index is -1.91. The average molecular weight is 180 g/mol. The van der Waals surface area contributed by atoms with Gasteiger partial charge in [0.1, 0.15) is 6.35 Å². The summed E-state index contributed by atoms with van der Waals surface area (Å²) in [6.07, 6.45) is 1.18. The first kappa shape index (κ1) is 9.36. The quantitative estimate of drug-likeness (QED) is 0.618. The molecule has 0 aromatic heterocycles. The predicted octanol–water partition coefficient (Wildman–Crippen LogP) is 0.434. The Morgan fingerprint density at radius 3 is 2.82 bits per heavy atom. The lowest BCUT2D eigenvalue weighted by Gasteiger charge is -2.09. The summed E-state index contributed by atoms with van der Waals surface area (Å²) < 4.78 is 10.4. The molecule has 2 N–H and O–H groups in total. The molecule has 66 valence electrons. The lowest BCUT2D eigenvalue weighted by atomic mass is 10.2. The van der Waals surface area contributed by atoms with Crippen molar-refractivity contribution in [3.05, 3.63) is 0 Å². The van der Waals surface area contributed by atoms with Gasteiger partial charge in [-0.1, -0.05) is 0 Å². The molecule has 0 spiro atoms. The third kappa shape index (κ3) is 3.45. The molecule has 2 atom stereocenters. The lowest BCUT2D eigenvalue weighted by molar-refractivity contribution is 0.0582. The van der Waals surface area contributed by atoms with E-state index >= 15 is 0 Å². The van der Waals surface area contributed by atoms with E-state index in [4.69, 9.17) is 19.3 Å². The van der Waals surface area contributed by atoms with Crippen LogP contribution in [0.3, 0.4) is 0 Å². The van der Waals surface area contributed by atoms with Crippen molar-refractivity contribution in [2.45, 2.75) is 25.6 Å². The molecule has 1 saturated heterocycles. The minimum Gasteiger partial charge on any atom is -0.376 e. The van der Waals surface area contributed by atoms with E-state index in [2.05, 4.69) is 0 Å². The fraction of sp³-hybridized carbons (Fsp3) is 1.00. The molecule has 0 aromatic rings. The molecule has 0 aliphatic carbocycles. The Morgan fingerprint density at radius 2 is 2.36 bits per heavy atom. The second kappa shape index (κ2) is 4.33. The Balaban J connectivity index is 2.08. The van der Waals surface area contributed by atoms with Crippen LogP contribution in [0.1, 0.15) is 13.3 Å². The Hall–Kier alpha value is 0.270. The maximum absolute atomic E-state index is 8.53. The molecule has 1 aliphatic rings. The van der Waals surface area contributed by atoms with E-state index in [-0.39, 0.29) is 18.6 Å². The van der Waals surface area contributed by atoms with Gasteiger partial charge in [-0.15, -0.1) is 0 Å². The molecule has 5 heteroatoms. The van der Waals surface area contributed by atoms with Crippen LogP contribution in [-0.4, -0.2) is 34.9 Å². The highest BCUT2D eigenvalue weighted by molar-refractivity contribution is 7.44. The van der Waals surface area contributed by atoms with Crippen LogP contribution in [0, 0.1) is 0 Å². The van der Waals surface area contributed by atoms with Crippen molar-refractivity contribution < 1.29 is 19.3 Å². The molecule has 4 nitrogen and oxygen atoms in total. The fourth-order valence-electron chi connectivity index (χ4n) is 1.07. The number of ether oxygens (including phenoxy) is 2. The zero-order chi connectivity index (χ0) is 8.27. The highest BCUT2D eigenvalue weighted by Gasteiger charge is 2.22. The van der Waals surface area contributed by atoms with Crippen LogP contribution >= 0.6 is 8.38 Å². The van der Waals surface area contributed by atoms with Gasteiger partial charge < -0.3 is 19.3 Å². The fourth-order valence-corrected chi connectivity index (χ4v) is 1.41. The van der Waals surface area contributed by atoms with Crippen molar-refractivity contribution in [1.29, 1.82) is 0 Å². The van der Waals surface area contributed by atoms with Crippen LogP contribution in [0.4, 0.5) is 0 Å². The van der Waals surface area contributed by atoms with E-state index in [1.54, 1.807) is 0 Å². The smallest absolute Gasteiger partial charge is 0.192 e. The summed E-state index contributed by atoms with van der Waals surface area (Å²) in [6.45, 7) is 2.55. The molecular weight excluding hydrogens is 167 g/mol. The Kier molecular flexibility index (Phi) is 3.69. The highest BCUT2D eigenvalue weighted by Crippen LogP contribution is 2.25. The first-order chi connectivity index (χ1) is 5.18. The maximum Gasteiger partial charge on any atom is 0.192 e. The molecule has 0 saturated carbocycles. The van der Waals surface area contributed by atoms with Crippen LogP contribution < -0.4 is 0 Å². The van der Waals surface area contributed by atoms with Crippen molar-refractivity contribution in [2.24, 2.45) is 0 Å². The van der Waals surface area contributed by atoms with Crippen LogP contribution in [-0.2, 0) is 9.47 Å². The summed E-state index contributed by atoms with van der Waals surface area (Å²) in [7, 11) is -1.91. The highest BCUT2D eigenvalue weighted by atomic mass is 31.2. The Labute approximate surface area is 67.0 Å². The van der Waals surface area contributed by atoms with Crippen molar-refractivity contribution in [3.8, 4) is 0 Å². The lowest BCUT2D eigenvalue weighted by Crippen LogP contribution is -2.12. The Bertz CT molecular complexity index is 119. The van der Waals surface area contributed by atoms with E-state index in [1.807, 2.05) is 6.92 Å². The van der Waals surface area contributed by atoms with E-state index in [0.717, 1.165) is 6.42 Å². The van der Waals surface area contributed by atoms with Gasteiger partial charge >= 0.3 is 0 Å². The summed E-state index contributed by atoms with van der Waals surface area (Å²) in [5, 5.41) is 0. The summed E-state index contributed by atoms with van der Waals surface area (Å²) in [5.41, 5.74) is 0. The normalized spacial score (nSPS) is 31.6. The van der Waals surface area contributed by atoms with E-state index in [1.165, 1.54) is 0 Å². The largest absolute Gasteiger partial charge is 0.376 e. The maximum atomic E-state index is 8.53. The van der Waals surface area contributed by atoms with Gasteiger partial charge in [0.15, 0.2) is 8.38 Å². The standard InChI is InChI=1S/C6H13O4P/c1-5-2-6(3-9-5)10-4-11(7)8/h5-8H,2-4H2,1H3. The molecule has 1 aliphatic heterocycles. The number of hydrogen-bond donors (Lipinski definition) is 2. The molecule has 0 bridgehead atoms. The second-order valence-corrected chi connectivity index (χ2v) is 3.67. The van der Waals surface area contributed by atoms with Gasteiger partial charge in [-0.3, -0.25) is 0 Å². The third-order valence-corrected chi connectivity index (χ3v) is 1.97. The molecule has 2 unspecified atom stereocenters. The van der Waals surface area contributed by atoms with Crippen LogP contribution in [0.5, 0.6) is 0 Å². The zero-order valence-electron chi connectivity index (χ0n) is 6.43. The average Bonchev–Trinajstić information content (AvgIpc) is 2.31. The second-order valence-electron chi connectivity index (χ2n) is 2.67. The van der Waals surface area contributed by atoms with Gasteiger partial charge in [0.05, 0.1) is 18.8 Å². The first-order valence-electron chi connectivity index (χ1n) is 3.57. The topological polar surface area (TPSA) is 58.9 Å². The zero-order valence-corrected chi connectivity index (χ0v) is 7.33. The van der Waals surface area contributed by atoms with Gasteiger partial charge in [0, 0.05) is 6.42 Å². The summed E-state index contributed by atoms with van der Waals surface area (Å²) in [5.74, 6) is 0. The molecule has 0 amide bonds. The van der Waals surface area contributed by atoms with Crippen molar-refractivity contribution in [1.82, 2.24) is 0 Å². The molecule has 1 fully saturated rings. The third-order valence-electron chi connectivity index (χ3n) is 1.59. The molecule has 0 radical (unpaired) electrons.